The van der Waals surface area contributed by atoms with Crippen molar-refractivity contribution in [3.05, 3.63) is 66.1 Å². The normalized spacial score (nSPS) is 10.4. The second-order valence-corrected chi connectivity index (χ2v) is 5.22. The molecule has 2 aromatic carbocycles. The summed E-state index contributed by atoms with van der Waals surface area (Å²) in [6.07, 6.45) is 1.55. The Morgan fingerprint density at radius 3 is 2.67 bits per heavy atom. The van der Waals surface area contributed by atoms with Gasteiger partial charge in [-0.2, -0.15) is 0 Å². The van der Waals surface area contributed by atoms with E-state index >= 15 is 0 Å². The molecule has 3 aromatic rings. The van der Waals surface area contributed by atoms with Crippen molar-refractivity contribution >= 4 is 5.78 Å². The van der Waals surface area contributed by atoms with E-state index in [0.29, 0.717) is 28.6 Å². The average molecular weight is 323 g/mol. The van der Waals surface area contributed by atoms with Crippen molar-refractivity contribution in [1.82, 2.24) is 4.98 Å². The van der Waals surface area contributed by atoms with Crippen molar-refractivity contribution in [3.63, 3.8) is 0 Å². The van der Waals surface area contributed by atoms with E-state index in [1.807, 2.05) is 30.3 Å². The smallest absolute Gasteiger partial charge is 0.226 e. The monoisotopic (exact) mass is 323 g/mol. The lowest BCUT2D eigenvalue weighted by Crippen LogP contribution is -2.02. The van der Waals surface area contributed by atoms with Gasteiger partial charge in [-0.05, 0) is 37.3 Å². The standard InChI is InChI=1S/C19H17NO4/c1-13(21)17-10-16(22-2)8-9-18(17)23-11-15-12-24-19(20-15)14-6-4-3-5-7-14/h3-10,12H,11H2,1-2H3. The van der Waals surface area contributed by atoms with E-state index < -0.39 is 0 Å². The van der Waals surface area contributed by atoms with Crippen LogP contribution in [0, 0.1) is 0 Å². The summed E-state index contributed by atoms with van der Waals surface area (Å²) in [5, 5.41) is 0. The molecule has 0 radical (unpaired) electrons. The maximum Gasteiger partial charge on any atom is 0.226 e. The summed E-state index contributed by atoms with van der Waals surface area (Å²) in [5.74, 6) is 1.55. The molecule has 0 N–H and O–H groups in total. The predicted octanol–water partition coefficient (Wildman–Crippen LogP) is 4.13. The number of methoxy groups -OCH3 is 1. The Morgan fingerprint density at radius 2 is 1.96 bits per heavy atom. The van der Waals surface area contributed by atoms with Gasteiger partial charge in [0.05, 0.1) is 12.7 Å². The molecule has 1 aromatic heterocycles. The van der Waals surface area contributed by atoms with Crippen LogP contribution < -0.4 is 9.47 Å². The molecule has 0 bridgehead atoms. The molecular weight excluding hydrogens is 306 g/mol. The summed E-state index contributed by atoms with van der Waals surface area (Å²) >= 11 is 0. The summed E-state index contributed by atoms with van der Waals surface area (Å²) in [5.41, 5.74) is 2.03. The third-order valence-electron chi connectivity index (χ3n) is 3.51. The second kappa shape index (κ2) is 7.00. The molecule has 0 saturated carbocycles. The molecule has 0 aliphatic heterocycles. The highest BCUT2D eigenvalue weighted by Crippen LogP contribution is 2.26. The Balaban J connectivity index is 1.75. The van der Waals surface area contributed by atoms with Crippen molar-refractivity contribution in [2.45, 2.75) is 13.5 Å². The van der Waals surface area contributed by atoms with Crippen LogP contribution in [0.15, 0.2) is 59.2 Å². The van der Waals surface area contributed by atoms with Gasteiger partial charge in [0.1, 0.15) is 30.1 Å². The minimum absolute atomic E-state index is 0.0889. The van der Waals surface area contributed by atoms with Crippen LogP contribution in [0.5, 0.6) is 11.5 Å². The van der Waals surface area contributed by atoms with Gasteiger partial charge in [0.2, 0.25) is 5.89 Å². The van der Waals surface area contributed by atoms with Gasteiger partial charge in [-0.15, -0.1) is 0 Å². The number of ether oxygens (including phenoxy) is 2. The van der Waals surface area contributed by atoms with Crippen LogP contribution in [-0.4, -0.2) is 17.9 Å². The Hall–Kier alpha value is -3.08. The van der Waals surface area contributed by atoms with Crippen LogP contribution in [-0.2, 0) is 6.61 Å². The number of hydrogen-bond donors (Lipinski definition) is 0. The van der Waals surface area contributed by atoms with Gasteiger partial charge < -0.3 is 13.9 Å². The van der Waals surface area contributed by atoms with Crippen molar-refractivity contribution in [3.8, 4) is 23.0 Å². The van der Waals surface area contributed by atoms with Gasteiger partial charge in [-0.1, -0.05) is 18.2 Å². The van der Waals surface area contributed by atoms with Gasteiger partial charge in [0.25, 0.3) is 0 Å². The first-order valence-electron chi connectivity index (χ1n) is 7.49. The molecule has 1 heterocycles. The lowest BCUT2D eigenvalue weighted by Gasteiger charge is -2.10. The molecule has 24 heavy (non-hydrogen) atoms. The fourth-order valence-electron chi connectivity index (χ4n) is 2.28. The number of benzene rings is 2. The Bertz CT molecular complexity index is 840. The van der Waals surface area contributed by atoms with Gasteiger partial charge in [0, 0.05) is 5.56 Å². The lowest BCUT2D eigenvalue weighted by atomic mass is 10.1. The molecule has 122 valence electrons. The maximum absolute atomic E-state index is 11.8. The van der Waals surface area contributed by atoms with E-state index in [0.717, 1.165) is 5.56 Å². The zero-order valence-corrected chi connectivity index (χ0v) is 13.5. The van der Waals surface area contributed by atoms with Crippen molar-refractivity contribution < 1.29 is 18.7 Å². The van der Waals surface area contributed by atoms with E-state index in [1.54, 1.807) is 31.6 Å². The molecule has 0 fully saturated rings. The number of carbonyl (C=O) groups excluding carboxylic acids is 1. The van der Waals surface area contributed by atoms with Gasteiger partial charge in [-0.3, -0.25) is 4.79 Å². The predicted molar refractivity (Wildman–Crippen MR) is 89.3 cm³/mol. The largest absolute Gasteiger partial charge is 0.497 e. The molecular formula is C19H17NO4. The molecule has 3 rings (SSSR count). The third kappa shape index (κ3) is 3.46. The third-order valence-corrected chi connectivity index (χ3v) is 3.51. The summed E-state index contributed by atoms with van der Waals surface area (Å²) in [7, 11) is 1.56. The van der Waals surface area contributed by atoms with Crippen molar-refractivity contribution in [2.24, 2.45) is 0 Å². The molecule has 0 saturated heterocycles. The van der Waals surface area contributed by atoms with E-state index in [9.17, 15) is 4.79 Å². The first-order chi connectivity index (χ1) is 11.7. The van der Waals surface area contributed by atoms with E-state index in [4.69, 9.17) is 13.9 Å². The average Bonchev–Trinajstić information content (AvgIpc) is 3.09. The van der Waals surface area contributed by atoms with Crippen LogP contribution in [0.25, 0.3) is 11.5 Å². The van der Waals surface area contributed by atoms with E-state index in [1.165, 1.54) is 6.92 Å². The van der Waals surface area contributed by atoms with E-state index in [-0.39, 0.29) is 12.4 Å². The first-order valence-corrected chi connectivity index (χ1v) is 7.49. The number of ketones is 1. The van der Waals surface area contributed by atoms with E-state index in [2.05, 4.69) is 4.98 Å². The number of rotatable bonds is 6. The number of nitrogens with zero attached hydrogens (tertiary/aromatic N) is 1. The Labute approximate surface area is 139 Å². The molecule has 0 atom stereocenters. The zero-order chi connectivity index (χ0) is 16.9. The second-order valence-electron chi connectivity index (χ2n) is 5.22. The molecule has 5 nitrogen and oxygen atoms in total. The number of aromatic nitrogens is 1. The maximum atomic E-state index is 11.8. The SMILES string of the molecule is COc1ccc(OCc2coc(-c3ccccc3)n2)c(C(C)=O)c1. The Morgan fingerprint density at radius 1 is 1.17 bits per heavy atom. The number of hydrogen-bond acceptors (Lipinski definition) is 5. The molecule has 0 unspecified atom stereocenters. The highest BCUT2D eigenvalue weighted by Gasteiger charge is 2.12. The topological polar surface area (TPSA) is 61.6 Å². The van der Waals surface area contributed by atoms with Crippen molar-refractivity contribution in [1.29, 1.82) is 0 Å². The quantitative estimate of drug-likeness (QED) is 0.638. The molecule has 0 aliphatic rings. The molecule has 0 spiro atoms. The van der Waals surface area contributed by atoms with Crippen LogP contribution in [0.2, 0.25) is 0 Å². The highest BCUT2D eigenvalue weighted by molar-refractivity contribution is 5.97. The summed E-state index contributed by atoms with van der Waals surface area (Å²) in [6.45, 7) is 1.70. The highest BCUT2D eigenvalue weighted by atomic mass is 16.5. The minimum Gasteiger partial charge on any atom is -0.497 e. The summed E-state index contributed by atoms with van der Waals surface area (Å²) < 4.78 is 16.3. The minimum atomic E-state index is -0.0889. The first kappa shape index (κ1) is 15.8. The van der Waals surface area contributed by atoms with Crippen LogP contribution in [0.3, 0.4) is 0 Å². The fourth-order valence-corrected chi connectivity index (χ4v) is 2.28. The van der Waals surface area contributed by atoms with Crippen LogP contribution in [0.4, 0.5) is 0 Å². The fraction of sp³-hybridized carbons (Fsp3) is 0.158. The Kier molecular flexibility index (Phi) is 4.61. The molecule has 0 amide bonds. The van der Waals surface area contributed by atoms with Crippen LogP contribution in [0.1, 0.15) is 23.0 Å². The molecule has 0 aliphatic carbocycles. The number of oxazole rings is 1. The number of carbonyl (C=O) groups is 1. The van der Waals surface area contributed by atoms with Crippen molar-refractivity contribution in [2.75, 3.05) is 7.11 Å². The molecule has 5 heteroatoms. The summed E-state index contributed by atoms with van der Waals surface area (Å²) in [6, 6.07) is 14.8. The van der Waals surface area contributed by atoms with Crippen LogP contribution >= 0.6 is 0 Å². The number of Topliss-reactive ketones (excluding diaryl/α,β-unsaturated/α-hetero) is 1. The summed E-state index contributed by atoms with van der Waals surface area (Å²) in [4.78, 5) is 16.2. The van der Waals surface area contributed by atoms with Gasteiger partial charge >= 0.3 is 0 Å². The van der Waals surface area contributed by atoms with Gasteiger partial charge in [0.15, 0.2) is 5.78 Å². The zero-order valence-electron chi connectivity index (χ0n) is 13.5. The van der Waals surface area contributed by atoms with Gasteiger partial charge in [-0.25, -0.2) is 4.98 Å². The lowest BCUT2D eigenvalue weighted by molar-refractivity contribution is 0.101.